The maximum absolute atomic E-state index is 13.3. The van der Waals surface area contributed by atoms with E-state index in [9.17, 15) is 26.0 Å². The lowest BCUT2D eigenvalue weighted by Gasteiger charge is -2.12. The minimum Gasteiger partial charge on any atom is -0.493 e. The van der Waals surface area contributed by atoms with Gasteiger partial charge in [-0.1, -0.05) is 11.6 Å². The smallest absolute Gasteiger partial charge is 0.387 e. The first kappa shape index (κ1) is 21.0. The van der Waals surface area contributed by atoms with Crippen LogP contribution in [0.3, 0.4) is 0 Å². The molecule has 0 aliphatic rings. The minimum atomic E-state index is -4.32. The molecule has 13 heteroatoms. The number of nitrogens with one attached hydrogen (secondary N) is 2. The molecule has 0 radical (unpaired) electrons. The number of H-pyrrole nitrogens is 1. The Morgan fingerprint density at radius 2 is 1.97 bits per heavy atom. The van der Waals surface area contributed by atoms with Crippen molar-refractivity contribution in [2.45, 2.75) is 17.9 Å². The third-order valence-electron chi connectivity index (χ3n) is 3.82. The van der Waals surface area contributed by atoms with Gasteiger partial charge in [0.05, 0.1) is 29.4 Å². The average molecular weight is 454 g/mol. The van der Waals surface area contributed by atoms with E-state index in [1.807, 2.05) is 0 Å². The van der Waals surface area contributed by atoms with Crippen molar-refractivity contribution in [1.82, 2.24) is 9.97 Å². The van der Waals surface area contributed by atoms with E-state index in [1.54, 1.807) is 0 Å². The van der Waals surface area contributed by atoms with Gasteiger partial charge in [0.15, 0.2) is 11.6 Å². The number of methoxy groups -OCH3 is 1. The molecule has 2 heterocycles. The van der Waals surface area contributed by atoms with Crippen molar-refractivity contribution in [2.75, 3.05) is 11.8 Å². The molecule has 0 spiro atoms. The van der Waals surface area contributed by atoms with E-state index in [1.165, 1.54) is 13.2 Å². The molecule has 0 fully saturated rings. The maximum atomic E-state index is 13.3. The molecular weight excluding hydrogens is 442 g/mol. The van der Waals surface area contributed by atoms with Crippen LogP contribution < -0.4 is 14.2 Å². The van der Waals surface area contributed by atoms with Gasteiger partial charge in [-0.05, 0) is 12.1 Å². The van der Waals surface area contributed by atoms with Crippen LogP contribution in [0.15, 0.2) is 35.5 Å². The normalized spacial score (nSPS) is 12.0. The van der Waals surface area contributed by atoms with Crippen LogP contribution in [0.1, 0.15) is 12.0 Å². The molecule has 0 bridgehead atoms. The van der Waals surface area contributed by atoms with Crippen LogP contribution in [-0.2, 0) is 10.0 Å². The van der Waals surface area contributed by atoms with Crippen molar-refractivity contribution in [3.8, 4) is 11.5 Å². The monoisotopic (exact) mass is 453 g/mol. The van der Waals surface area contributed by atoms with Crippen molar-refractivity contribution >= 4 is 38.3 Å². The summed E-state index contributed by atoms with van der Waals surface area (Å²) in [7, 11) is -3.15. The third-order valence-corrected chi connectivity index (χ3v) is 5.53. The van der Waals surface area contributed by atoms with E-state index in [0.717, 1.165) is 24.5 Å². The van der Waals surface area contributed by atoms with Gasteiger partial charge in [0.2, 0.25) is 0 Å². The topological polar surface area (TPSA) is 93.3 Å². The zero-order valence-corrected chi connectivity index (χ0v) is 16.0. The molecule has 2 aromatic heterocycles. The first-order valence-corrected chi connectivity index (χ1v) is 9.59. The Morgan fingerprint density at radius 1 is 1.24 bits per heavy atom. The minimum absolute atomic E-state index is 0.0196. The van der Waals surface area contributed by atoms with E-state index in [0.29, 0.717) is 0 Å². The highest BCUT2D eigenvalue weighted by atomic mass is 35.5. The Bertz CT molecular complexity index is 1150. The molecule has 1 aromatic carbocycles. The lowest BCUT2D eigenvalue weighted by atomic mass is 10.1. The van der Waals surface area contributed by atoms with Gasteiger partial charge in [-0.15, -0.1) is 0 Å². The number of aromatic amines is 1. The van der Waals surface area contributed by atoms with Crippen LogP contribution in [0, 0.1) is 0 Å². The van der Waals surface area contributed by atoms with Crippen LogP contribution in [0.25, 0.3) is 10.9 Å². The molecule has 29 heavy (non-hydrogen) atoms. The second-order valence-corrected chi connectivity index (χ2v) is 7.60. The Balaban J connectivity index is 2.02. The summed E-state index contributed by atoms with van der Waals surface area (Å²) in [6, 6.07) is 3.45. The van der Waals surface area contributed by atoms with Crippen LogP contribution in [0.5, 0.6) is 11.5 Å². The van der Waals surface area contributed by atoms with Crippen LogP contribution in [0.4, 0.5) is 23.4 Å². The molecule has 0 aliphatic heterocycles. The fourth-order valence-electron chi connectivity index (χ4n) is 2.61. The van der Waals surface area contributed by atoms with Gasteiger partial charge in [-0.25, -0.2) is 22.2 Å². The summed E-state index contributed by atoms with van der Waals surface area (Å²) in [6.07, 6.45) is -1.04. The summed E-state index contributed by atoms with van der Waals surface area (Å²) in [4.78, 5) is 5.86. The molecule has 0 saturated heterocycles. The number of rotatable bonds is 7. The number of aromatic nitrogens is 2. The summed E-state index contributed by atoms with van der Waals surface area (Å²) in [5, 5.41) is -0.238. The molecule has 0 unspecified atom stereocenters. The quantitative estimate of drug-likeness (QED) is 0.511. The fraction of sp³-hybridized carbons (Fsp3) is 0.188. The van der Waals surface area contributed by atoms with Gasteiger partial charge < -0.3 is 14.5 Å². The number of nitrogens with zero attached hydrogens (tertiary/aromatic N) is 1. The Hall–Kier alpha value is -2.73. The van der Waals surface area contributed by atoms with Gasteiger partial charge in [0.25, 0.3) is 16.4 Å². The van der Waals surface area contributed by atoms with Crippen LogP contribution in [0.2, 0.25) is 5.02 Å². The van der Waals surface area contributed by atoms with Gasteiger partial charge in [0, 0.05) is 17.6 Å². The van der Waals surface area contributed by atoms with Crippen molar-refractivity contribution in [1.29, 1.82) is 0 Å². The first-order valence-electron chi connectivity index (χ1n) is 7.73. The first-order chi connectivity index (χ1) is 13.6. The van der Waals surface area contributed by atoms with E-state index in [4.69, 9.17) is 16.3 Å². The van der Waals surface area contributed by atoms with E-state index >= 15 is 0 Å². The van der Waals surface area contributed by atoms with Gasteiger partial charge in [-0.3, -0.25) is 4.72 Å². The van der Waals surface area contributed by atoms with Crippen LogP contribution in [-0.4, -0.2) is 32.1 Å². The molecular formula is C16H12ClF4N3O4S. The van der Waals surface area contributed by atoms with Gasteiger partial charge in [-0.2, -0.15) is 8.78 Å². The standard InChI is InChI=1S/C16H12ClF4N3O4S/c1-27-10-4-7(28-16(20)21)5-23-15(10)24-29(25,26)11-6-22-13-8(11)2-3-9(17)12(13)14(18)19/h2-6,14,16,22H,1H3,(H,23,24). The summed E-state index contributed by atoms with van der Waals surface area (Å²) in [5.74, 6) is -0.850. The molecule has 0 aliphatic carbocycles. The van der Waals surface area contributed by atoms with E-state index < -0.39 is 28.6 Å². The number of anilines is 1. The van der Waals surface area contributed by atoms with Crippen molar-refractivity contribution in [3.05, 3.63) is 41.2 Å². The molecule has 3 rings (SSSR count). The molecule has 3 aromatic rings. The summed E-state index contributed by atoms with van der Waals surface area (Å²) in [6.45, 7) is -3.11. The number of hydrogen-bond donors (Lipinski definition) is 2. The summed E-state index contributed by atoms with van der Waals surface area (Å²) >= 11 is 5.79. The predicted molar refractivity (Wildman–Crippen MR) is 96.5 cm³/mol. The van der Waals surface area contributed by atoms with Gasteiger partial charge in [0.1, 0.15) is 10.6 Å². The average Bonchev–Trinajstić information content (AvgIpc) is 3.06. The second-order valence-electron chi connectivity index (χ2n) is 5.54. The number of hydrogen-bond acceptors (Lipinski definition) is 5. The van der Waals surface area contributed by atoms with Gasteiger partial charge >= 0.3 is 6.61 Å². The Kier molecular flexibility index (Phi) is 5.75. The summed E-state index contributed by atoms with van der Waals surface area (Å²) in [5.41, 5.74) is -0.664. The van der Waals surface area contributed by atoms with Crippen molar-refractivity contribution in [2.24, 2.45) is 0 Å². The second kappa shape index (κ2) is 7.95. The summed E-state index contributed by atoms with van der Waals surface area (Å²) < 4.78 is 88.0. The highest BCUT2D eigenvalue weighted by Crippen LogP contribution is 2.37. The number of pyridine rings is 1. The Labute approximate surface area is 166 Å². The molecule has 0 atom stereocenters. The predicted octanol–water partition coefficient (Wildman–Crippen LogP) is 4.56. The molecule has 2 N–H and O–H groups in total. The Morgan fingerprint density at radius 3 is 2.59 bits per heavy atom. The molecule has 156 valence electrons. The zero-order chi connectivity index (χ0) is 21.3. The number of ether oxygens (including phenoxy) is 2. The van der Waals surface area contributed by atoms with Crippen LogP contribution >= 0.6 is 11.6 Å². The third kappa shape index (κ3) is 4.17. The van der Waals surface area contributed by atoms with Crippen molar-refractivity contribution in [3.63, 3.8) is 0 Å². The SMILES string of the molecule is COc1cc(OC(F)F)cnc1NS(=O)(=O)c1c[nH]c2c(C(F)F)c(Cl)ccc12. The molecule has 0 amide bonds. The zero-order valence-electron chi connectivity index (χ0n) is 14.4. The fourth-order valence-corrected chi connectivity index (χ4v) is 4.05. The molecule has 0 saturated carbocycles. The number of sulfonamides is 1. The number of alkyl halides is 4. The number of benzene rings is 1. The van der Waals surface area contributed by atoms with Crippen molar-refractivity contribution < 1.29 is 35.5 Å². The molecule has 7 nitrogen and oxygen atoms in total. The number of fused-ring (bicyclic) bond motifs is 1. The lowest BCUT2D eigenvalue weighted by molar-refractivity contribution is -0.0501. The van der Waals surface area contributed by atoms with E-state index in [-0.39, 0.29) is 38.1 Å². The highest BCUT2D eigenvalue weighted by Gasteiger charge is 2.25. The lowest BCUT2D eigenvalue weighted by Crippen LogP contribution is -2.14. The maximum Gasteiger partial charge on any atom is 0.387 e. The number of halogens is 5. The largest absolute Gasteiger partial charge is 0.493 e. The van der Waals surface area contributed by atoms with E-state index in [2.05, 4.69) is 19.4 Å². The highest BCUT2D eigenvalue weighted by molar-refractivity contribution is 7.93.